The van der Waals surface area contributed by atoms with Gasteiger partial charge in [-0.05, 0) is 34.1 Å². The Kier molecular flexibility index (Phi) is 9.37. The van der Waals surface area contributed by atoms with Gasteiger partial charge in [-0.25, -0.2) is 14.9 Å². The molecule has 0 atom stereocenters. The highest BCUT2D eigenvalue weighted by Crippen LogP contribution is 2.19. The number of hydrogen-bond acceptors (Lipinski definition) is 5. The van der Waals surface area contributed by atoms with Gasteiger partial charge >= 0.3 is 12.1 Å². The number of imide groups is 1. The molecular weight excluding hydrogens is 284 g/mol. The number of nitrogens with zero attached hydrogens (tertiary/aromatic N) is 3. The fourth-order valence-corrected chi connectivity index (χ4v) is 1.84. The molecule has 0 heterocycles. The summed E-state index contributed by atoms with van der Waals surface area (Å²) in [5, 5.41) is 10.6. The molecule has 22 heavy (non-hydrogen) atoms. The van der Waals surface area contributed by atoms with Gasteiger partial charge in [-0.15, -0.1) is 0 Å². The third-order valence-corrected chi connectivity index (χ3v) is 3.07. The van der Waals surface area contributed by atoms with Crippen LogP contribution < -0.4 is 5.32 Å². The molecule has 0 saturated heterocycles. The fraction of sp³-hybridized carbons (Fsp3) is 0.867. The lowest BCUT2D eigenvalue weighted by atomic mass is 10.1. The Bertz CT molecular complexity index is 381. The summed E-state index contributed by atoms with van der Waals surface area (Å²) < 4.78 is 4.47. The fourth-order valence-electron chi connectivity index (χ4n) is 1.84. The van der Waals surface area contributed by atoms with Gasteiger partial charge in [-0.1, -0.05) is 26.2 Å². The molecule has 0 unspecified atom stereocenters. The van der Waals surface area contributed by atoms with Crippen molar-refractivity contribution in [3.05, 3.63) is 0 Å². The van der Waals surface area contributed by atoms with Crippen LogP contribution in [0.5, 0.6) is 0 Å². The largest absolute Gasteiger partial charge is 0.453 e. The van der Waals surface area contributed by atoms with E-state index in [2.05, 4.69) is 27.2 Å². The minimum atomic E-state index is -0.825. The normalized spacial score (nSPS) is 11.8. The number of carbonyl (C=O) groups excluding carboxylic acids is 2. The van der Waals surface area contributed by atoms with Crippen molar-refractivity contribution in [2.24, 2.45) is 10.2 Å². The van der Waals surface area contributed by atoms with Gasteiger partial charge in [0.15, 0.2) is 5.66 Å². The van der Waals surface area contributed by atoms with E-state index in [0.29, 0.717) is 6.54 Å². The number of unbranched alkanes of at least 4 members (excludes halogenated alkanes) is 3. The number of amides is 3. The van der Waals surface area contributed by atoms with Crippen molar-refractivity contribution in [2.75, 3.05) is 13.7 Å². The summed E-state index contributed by atoms with van der Waals surface area (Å²) in [7, 11) is 1.22. The number of methoxy groups -OCH3 is 1. The third-order valence-electron chi connectivity index (χ3n) is 3.07. The highest BCUT2D eigenvalue weighted by molar-refractivity contribution is 5.90. The molecule has 7 heteroatoms. The van der Waals surface area contributed by atoms with E-state index in [1.807, 2.05) is 13.8 Å². The summed E-state index contributed by atoms with van der Waals surface area (Å²) in [6.45, 7) is 10.1. The molecule has 0 radical (unpaired) electrons. The van der Waals surface area contributed by atoms with E-state index in [1.165, 1.54) is 12.0 Å². The van der Waals surface area contributed by atoms with Crippen LogP contribution in [0.2, 0.25) is 0 Å². The van der Waals surface area contributed by atoms with E-state index >= 15 is 0 Å². The molecule has 0 saturated carbocycles. The first-order chi connectivity index (χ1) is 10.2. The topological polar surface area (TPSA) is 83.4 Å². The molecule has 0 rings (SSSR count). The Morgan fingerprint density at radius 3 is 2.36 bits per heavy atom. The Hall–Kier alpha value is -1.66. The van der Waals surface area contributed by atoms with E-state index in [9.17, 15) is 9.59 Å². The zero-order chi connectivity index (χ0) is 17.2. The average Bonchev–Trinajstić information content (AvgIpc) is 2.44. The second-order valence-corrected chi connectivity index (χ2v) is 5.94. The molecule has 0 aliphatic carbocycles. The van der Waals surface area contributed by atoms with Crippen molar-refractivity contribution >= 4 is 12.1 Å². The summed E-state index contributed by atoms with van der Waals surface area (Å²) in [6, 6.07) is -0.471. The van der Waals surface area contributed by atoms with Crippen LogP contribution in [-0.2, 0) is 4.74 Å². The molecule has 0 aromatic heterocycles. The predicted molar refractivity (Wildman–Crippen MR) is 85.9 cm³/mol. The number of rotatable bonds is 8. The molecule has 0 aliphatic rings. The van der Waals surface area contributed by atoms with Crippen molar-refractivity contribution in [3.8, 4) is 0 Å². The van der Waals surface area contributed by atoms with Crippen LogP contribution in [0, 0.1) is 0 Å². The monoisotopic (exact) mass is 314 g/mol. The SMILES string of the molecule is CCCCCCN(C(=O)NC(=O)OC)C(C)(C)N=NC(C)C. The summed E-state index contributed by atoms with van der Waals surface area (Å²) >= 11 is 0. The van der Waals surface area contributed by atoms with E-state index in [0.717, 1.165) is 25.7 Å². The number of carbonyl (C=O) groups is 2. The van der Waals surface area contributed by atoms with Crippen LogP contribution in [0.25, 0.3) is 0 Å². The standard InChI is InChI=1S/C15H30N4O3/c1-7-8-9-10-11-19(13(20)16-14(21)22-6)15(4,5)18-17-12(2)3/h12H,7-11H2,1-6H3,(H,16,20,21). The van der Waals surface area contributed by atoms with Gasteiger partial charge in [0.2, 0.25) is 0 Å². The number of ether oxygens (including phenoxy) is 1. The minimum absolute atomic E-state index is 0.0462. The molecule has 0 bridgehead atoms. The van der Waals surface area contributed by atoms with E-state index in [-0.39, 0.29) is 6.04 Å². The number of nitrogens with one attached hydrogen (secondary N) is 1. The number of alkyl carbamates (subject to hydrolysis) is 1. The van der Waals surface area contributed by atoms with Crippen molar-refractivity contribution in [1.29, 1.82) is 0 Å². The molecule has 128 valence electrons. The Labute approximate surface area is 133 Å². The van der Waals surface area contributed by atoms with Gasteiger partial charge in [0.05, 0.1) is 13.2 Å². The molecule has 7 nitrogen and oxygen atoms in total. The quantitative estimate of drug-likeness (QED) is 0.544. The van der Waals surface area contributed by atoms with Crippen LogP contribution in [0.15, 0.2) is 10.2 Å². The van der Waals surface area contributed by atoms with Crippen LogP contribution in [-0.4, -0.2) is 42.4 Å². The van der Waals surface area contributed by atoms with Gasteiger partial charge in [-0.3, -0.25) is 4.90 Å². The van der Waals surface area contributed by atoms with Gasteiger partial charge in [0.25, 0.3) is 0 Å². The van der Waals surface area contributed by atoms with Crippen LogP contribution in [0.1, 0.15) is 60.3 Å². The Balaban J connectivity index is 4.96. The van der Waals surface area contributed by atoms with Gasteiger partial charge in [0.1, 0.15) is 0 Å². The Morgan fingerprint density at radius 1 is 1.23 bits per heavy atom. The first-order valence-electron chi connectivity index (χ1n) is 7.83. The number of azo groups is 1. The first kappa shape index (κ1) is 20.3. The lowest BCUT2D eigenvalue weighted by Crippen LogP contribution is -2.52. The molecule has 0 aromatic rings. The first-order valence-corrected chi connectivity index (χ1v) is 7.83. The predicted octanol–water partition coefficient (Wildman–Crippen LogP) is 3.94. The summed E-state index contributed by atoms with van der Waals surface area (Å²) in [5.74, 6) is 0. The summed E-state index contributed by atoms with van der Waals surface area (Å²) in [5.41, 5.74) is -0.825. The molecule has 0 aliphatic heterocycles. The van der Waals surface area contributed by atoms with Crippen molar-refractivity contribution in [1.82, 2.24) is 10.2 Å². The van der Waals surface area contributed by atoms with Crippen LogP contribution in [0.3, 0.4) is 0 Å². The van der Waals surface area contributed by atoms with E-state index < -0.39 is 17.8 Å². The van der Waals surface area contributed by atoms with Crippen molar-refractivity contribution in [3.63, 3.8) is 0 Å². The second kappa shape index (κ2) is 10.1. The maximum atomic E-state index is 12.3. The maximum Gasteiger partial charge on any atom is 0.415 e. The zero-order valence-electron chi connectivity index (χ0n) is 14.7. The van der Waals surface area contributed by atoms with Gasteiger partial charge in [-0.2, -0.15) is 10.2 Å². The second-order valence-electron chi connectivity index (χ2n) is 5.94. The number of hydrogen-bond donors (Lipinski definition) is 1. The van der Waals surface area contributed by atoms with E-state index in [4.69, 9.17) is 0 Å². The molecular formula is C15H30N4O3. The molecule has 3 amide bonds. The van der Waals surface area contributed by atoms with Gasteiger partial charge in [0, 0.05) is 6.54 Å². The highest BCUT2D eigenvalue weighted by atomic mass is 16.5. The molecule has 1 N–H and O–H groups in total. The molecule has 0 fully saturated rings. The lowest BCUT2D eigenvalue weighted by Gasteiger charge is -2.34. The van der Waals surface area contributed by atoms with E-state index in [1.54, 1.807) is 13.8 Å². The van der Waals surface area contributed by atoms with Crippen molar-refractivity contribution < 1.29 is 14.3 Å². The highest BCUT2D eigenvalue weighted by Gasteiger charge is 2.31. The van der Waals surface area contributed by atoms with Crippen molar-refractivity contribution in [2.45, 2.75) is 72.0 Å². The summed E-state index contributed by atoms with van der Waals surface area (Å²) in [4.78, 5) is 25.1. The van der Waals surface area contributed by atoms with Crippen LogP contribution >= 0.6 is 0 Å². The smallest absolute Gasteiger partial charge is 0.415 e. The molecule has 0 spiro atoms. The zero-order valence-corrected chi connectivity index (χ0v) is 14.7. The third kappa shape index (κ3) is 7.95. The Morgan fingerprint density at radius 2 is 1.86 bits per heavy atom. The maximum absolute atomic E-state index is 12.3. The summed E-state index contributed by atoms with van der Waals surface area (Å²) in [6.07, 6.45) is 3.32. The van der Waals surface area contributed by atoms with Gasteiger partial charge < -0.3 is 4.74 Å². The lowest BCUT2D eigenvalue weighted by molar-refractivity contribution is 0.125. The van der Waals surface area contributed by atoms with Crippen LogP contribution in [0.4, 0.5) is 9.59 Å². The minimum Gasteiger partial charge on any atom is -0.453 e. The number of urea groups is 1. The average molecular weight is 314 g/mol. The molecule has 0 aromatic carbocycles.